The van der Waals surface area contributed by atoms with Crippen LogP contribution < -0.4 is 5.32 Å². The molecule has 4 aromatic rings. The van der Waals surface area contributed by atoms with Gasteiger partial charge in [-0.15, -0.1) is 0 Å². The molecule has 0 aliphatic carbocycles. The first-order valence-electron chi connectivity index (χ1n) is 9.61. The number of rotatable bonds is 6. The van der Waals surface area contributed by atoms with Crippen molar-refractivity contribution in [1.29, 1.82) is 0 Å². The fraction of sp³-hybridized carbons (Fsp3) is 0.130. The number of hydrogen-bond donors (Lipinski definition) is 2. The lowest BCUT2D eigenvalue weighted by molar-refractivity contribution is -0.124. The Morgan fingerprint density at radius 1 is 1.07 bits per heavy atom. The molecule has 0 bridgehead atoms. The SMILES string of the molecule is CCC(OC(=O)c1ccccc1-c1nc2ccccc2[nH]1)C(=O)Nc1cccnc1. The first-order valence-corrected chi connectivity index (χ1v) is 9.61. The summed E-state index contributed by atoms with van der Waals surface area (Å²) in [5, 5.41) is 2.72. The van der Waals surface area contributed by atoms with Crippen LogP contribution in [0.15, 0.2) is 73.1 Å². The summed E-state index contributed by atoms with van der Waals surface area (Å²) in [4.78, 5) is 37.2. The third kappa shape index (κ3) is 4.05. The number of anilines is 1. The Balaban J connectivity index is 1.56. The number of aromatic amines is 1. The zero-order valence-corrected chi connectivity index (χ0v) is 16.3. The minimum absolute atomic E-state index is 0.337. The van der Waals surface area contributed by atoms with Crippen LogP contribution in [0.4, 0.5) is 5.69 Å². The molecule has 30 heavy (non-hydrogen) atoms. The lowest BCUT2D eigenvalue weighted by atomic mass is 10.1. The third-order valence-corrected chi connectivity index (χ3v) is 4.63. The van der Waals surface area contributed by atoms with Crippen molar-refractivity contribution in [2.24, 2.45) is 0 Å². The second kappa shape index (κ2) is 8.57. The summed E-state index contributed by atoms with van der Waals surface area (Å²) < 4.78 is 5.54. The number of carbonyl (C=O) groups is 2. The lowest BCUT2D eigenvalue weighted by Gasteiger charge is -2.17. The molecule has 0 radical (unpaired) electrons. The van der Waals surface area contributed by atoms with E-state index < -0.39 is 18.0 Å². The van der Waals surface area contributed by atoms with Gasteiger partial charge in [-0.1, -0.05) is 37.3 Å². The van der Waals surface area contributed by atoms with Gasteiger partial charge in [0, 0.05) is 11.8 Å². The predicted molar refractivity (Wildman–Crippen MR) is 114 cm³/mol. The van der Waals surface area contributed by atoms with Crippen molar-refractivity contribution in [3.05, 3.63) is 78.6 Å². The molecule has 7 nitrogen and oxygen atoms in total. The van der Waals surface area contributed by atoms with Crippen LogP contribution in [0.25, 0.3) is 22.4 Å². The molecule has 1 unspecified atom stereocenters. The van der Waals surface area contributed by atoms with Gasteiger partial charge in [0.1, 0.15) is 5.82 Å². The van der Waals surface area contributed by atoms with Crippen molar-refractivity contribution < 1.29 is 14.3 Å². The minimum atomic E-state index is -0.929. The number of nitrogens with zero attached hydrogens (tertiary/aromatic N) is 2. The largest absolute Gasteiger partial charge is 0.449 e. The molecule has 7 heteroatoms. The van der Waals surface area contributed by atoms with Gasteiger partial charge >= 0.3 is 5.97 Å². The Morgan fingerprint density at radius 3 is 2.63 bits per heavy atom. The number of hydrogen-bond acceptors (Lipinski definition) is 5. The molecule has 0 spiro atoms. The van der Waals surface area contributed by atoms with Gasteiger partial charge in [-0.3, -0.25) is 9.78 Å². The molecule has 1 amide bonds. The van der Waals surface area contributed by atoms with E-state index in [0.29, 0.717) is 29.1 Å². The molecule has 2 N–H and O–H groups in total. The summed E-state index contributed by atoms with van der Waals surface area (Å²) >= 11 is 0. The third-order valence-electron chi connectivity index (χ3n) is 4.63. The maximum absolute atomic E-state index is 12.9. The van der Waals surface area contributed by atoms with E-state index in [4.69, 9.17) is 4.74 Å². The first-order chi connectivity index (χ1) is 14.7. The number of imidazole rings is 1. The summed E-state index contributed by atoms with van der Waals surface area (Å²) in [6.07, 6.45) is 2.55. The van der Waals surface area contributed by atoms with E-state index in [0.717, 1.165) is 11.0 Å². The second-order valence-corrected chi connectivity index (χ2v) is 6.68. The molecule has 2 aromatic heterocycles. The highest BCUT2D eigenvalue weighted by atomic mass is 16.5. The van der Waals surface area contributed by atoms with Gasteiger partial charge in [0.05, 0.1) is 28.5 Å². The summed E-state index contributed by atoms with van der Waals surface area (Å²) in [5.41, 5.74) is 3.17. The van der Waals surface area contributed by atoms with Crippen LogP contribution >= 0.6 is 0 Å². The van der Waals surface area contributed by atoms with E-state index in [9.17, 15) is 9.59 Å². The molecule has 150 valence electrons. The van der Waals surface area contributed by atoms with E-state index >= 15 is 0 Å². The highest BCUT2D eigenvalue weighted by Gasteiger charge is 2.24. The van der Waals surface area contributed by atoms with Crippen molar-refractivity contribution in [1.82, 2.24) is 15.0 Å². The van der Waals surface area contributed by atoms with Crippen LogP contribution in [-0.4, -0.2) is 32.9 Å². The molecule has 1 atom stereocenters. The second-order valence-electron chi connectivity index (χ2n) is 6.68. The Bertz CT molecular complexity index is 1150. The topological polar surface area (TPSA) is 97.0 Å². The number of carbonyl (C=O) groups excluding carboxylic acids is 2. The van der Waals surface area contributed by atoms with E-state index in [1.807, 2.05) is 30.3 Å². The fourth-order valence-electron chi connectivity index (χ4n) is 3.12. The summed E-state index contributed by atoms with van der Waals surface area (Å²) in [6.45, 7) is 1.78. The monoisotopic (exact) mass is 400 g/mol. The summed E-state index contributed by atoms with van der Waals surface area (Å²) in [5.74, 6) is -0.420. The van der Waals surface area contributed by atoms with Gasteiger partial charge in [-0.05, 0) is 36.8 Å². The Hall–Kier alpha value is -4.00. The van der Waals surface area contributed by atoms with E-state index in [2.05, 4.69) is 20.3 Å². The lowest BCUT2D eigenvalue weighted by Crippen LogP contribution is -2.32. The average Bonchev–Trinajstić information content (AvgIpc) is 3.22. The molecule has 0 fully saturated rings. The average molecular weight is 400 g/mol. The van der Waals surface area contributed by atoms with Gasteiger partial charge in [0.25, 0.3) is 5.91 Å². The number of benzene rings is 2. The van der Waals surface area contributed by atoms with Crippen LogP contribution in [-0.2, 0) is 9.53 Å². The Morgan fingerprint density at radius 2 is 1.87 bits per heavy atom. The molecular weight excluding hydrogens is 380 g/mol. The highest BCUT2D eigenvalue weighted by Crippen LogP contribution is 2.25. The van der Waals surface area contributed by atoms with Gasteiger partial charge in [0.15, 0.2) is 6.10 Å². The highest BCUT2D eigenvalue weighted by molar-refractivity contribution is 6.00. The standard InChI is InChI=1S/C23H20N4O3/c1-2-20(22(28)25-15-8-7-13-24-14-15)30-23(29)17-10-4-3-9-16(17)21-26-18-11-5-6-12-19(18)27-21/h3-14,20H,2H2,1H3,(H,25,28)(H,26,27). The Labute approximate surface area is 173 Å². The van der Waals surface area contributed by atoms with Gasteiger partial charge in [0.2, 0.25) is 0 Å². The molecule has 2 aromatic carbocycles. The molecule has 2 heterocycles. The van der Waals surface area contributed by atoms with Crippen molar-refractivity contribution >= 4 is 28.6 Å². The smallest absolute Gasteiger partial charge is 0.339 e. The van der Waals surface area contributed by atoms with E-state index in [-0.39, 0.29) is 0 Å². The summed E-state index contributed by atoms with van der Waals surface area (Å²) in [6, 6.07) is 18.1. The van der Waals surface area contributed by atoms with Crippen LogP contribution in [0.3, 0.4) is 0 Å². The number of aromatic nitrogens is 3. The minimum Gasteiger partial charge on any atom is -0.449 e. The number of nitrogens with one attached hydrogen (secondary N) is 2. The normalized spacial score (nSPS) is 11.8. The van der Waals surface area contributed by atoms with Gasteiger partial charge in [-0.2, -0.15) is 0 Å². The van der Waals surface area contributed by atoms with Gasteiger partial charge in [-0.25, -0.2) is 9.78 Å². The number of ether oxygens (including phenoxy) is 1. The predicted octanol–water partition coefficient (Wildman–Crippen LogP) is 4.20. The van der Waals surface area contributed by atoms with E-state index in [1.165, 1.54) is 6.20 Å². The molecule has 0 aliphatic rings. The van der Waals surface area contributed by atoms with Gasteiger partial charge < -0.3 is 15.0 Å². The number of fused-ring (bicyclic) bond motifs is 1. The van der Waals surface area contributed by atoms with E-state index in [1.54, 1.807) is 43.5 Å². The first kappa shape index (κ1) is 19.3. The number of esters is 1. The quantitative estimate of drug-likeness (QED) is 0.473. The van der Waals surface area contributed by atoms with Crippen molar-refractivity contribution in [3.63, 3.8) is 0 Å². The maximum atomic E-state index is 12.9. The maximum Gasteiger partial charge on any atom is 0.339 e. The van der Waals surface area contributed by atoms with Crippen LogP contribution in [0.2, 0.25) is 0 Å². The van der Waals surface area contributed by atoms with Crippen LogP contribution in [0, 0.1) is 0 Å². The Kier molecular flexibility index (Phi) is 5.52. The number of pyridine rings is 1. The zero-order valence-electron chi connectivity index (χ0n) is 16.3. The number of amides is 1. The van der Waals surface area contributed by atoms with Crippen LogP contribution in [0.5, 0.6) is 0 Å². The van der Waals surface area contributed by atoms with Crippen molar-refractivity contribution in [2.45, 2.75) is 19.4 Å². The zero-order chi connectivity index (χ0) is 20.9. The summed E-state index contributed by atoms with van der Waals surface area (Å²) in [7, 11) is 0. The van der Waals surface area contributed by atoms with Crippen molar-refractivity contribution in [2.75, 3.05) is 5.32 Å². The molecule has 4 rings (SSSR count). The molecule has 0 saturated carbocycles. The van der Waals surface area contributed by atoms with Crippen molar-refractivity contribution in [3.8, 4) is 11.4 Å². The molecular formula is C23H20N4O3. The molecule has 0 aliphatic heterocycles. The number of H-pyrrole nitrogens is 1. The number of para-hydroxylation sites is 2. The molecule has 0 saturated heterocycles. The fourth-order valence-corrected chi connectivity index (χ4v) is 3.12. The van der Waals surface area contributed by atoms with Crippen LogP contribution in [0.1, 0.15) is 23.7 Å².